The molecular formula is C24H27FN4O2S. The Hall–Kier alpha value is -2.42. The van der Waals surface area contributed by atoms with Crippen LogP contribution < -0.4 is 15.6 Å². The van der Waals surface area contributed by atoms with E-state index in [0.717, 1.165) is 55.9 Å². The van der Waals surface area contributed by atoms with E-state index in [9.17, 15) is 9.18 Å². The minimum atomic E-state index is -0.235. The first-order chi connectivity index (χ1) is 15.6. The molecule has 168 valence electrons. The van der Waals surface area contributed by atoms with Crippen molar-refractivity contribution in [2.75, 3.05) is 25.6 Å². The minimum absolute atomic E-state index is 0.111. The van der Waals surface area contributed by atoms with Crippen LogP contribution in [0.15, 0.2) is 46.2 Å². The molecule has 6 nitrogen and oxygen atoms in total. The van der Waals surface area contributed by atoms with Gasteiger partial charge in [0.25, 0.3) is 5.56 Å². The van der Waals surface area contributed by atoms with Crippen LogP contribution in [0.25, 0.3) is 10.9 Å². The van der Waals surface area contributed by atoms with Gasteiger partial charge in [0.2, 0.25) is 0 Å². The van der Waals surface area contributed by atoms with Crippen molar-refractivity contribution in [2.24, 2.45) is 7.05 Å². The SMILES string of the molecule is Cn1c(=O)ccc2ccc(F)c(CCN3CCC(NCc4cc5c(cn4)OCS5)CC3)c21. The number of fused-ring (bicyclic) bond motifs is 2. The Kier molecular flexibility index (Phi) is 6.17. The van der Waals surface area contributed by atoms with Crippen molar-refractivity contribution in [3.8, 4) is 5.75 Å². The van der Waals surface area contributed by atoms with E-state index in [1.165, 1.54) is 17.0 Å². The summed E-state index contributed by atoms with van der Waals surface area (Å²) < 4.78 is 21.7. The first-order valence-electron chi connectivity index (χ1n) is 11.1. The summed E-state index contributed by atoms with van der Waals surface area (Å²) in [6, 6.07) is 9.13. The summed E-state index contributed by atoms with van der Waals surface area (Å²) in [5.41, 5.74) is 2.27. The van der Waals surface area contributed by atoms with E-state index in [-0.39, 0.29) is 11.4 Å². The zero-order valence-corrected chi connectivity index (χ0v) is 19.0. The van der Waals surface area contributed by atoms with Crippen molar-refractivity contribution in [3.05, 3.63) is 64.0 Å². The van der Waals surface area contributed by atoms with Gasteiger partial charge in [-0.25, -0.2) is 4.39 Å². The quantitative estimate of drug-likeness (QED) is 0.617. The second-order valence-electron chi connectivity index (χ2n) is 8.47. The topological polar surface area (TPSA) is 59.4 Å². The molecule has 0 unspecified atom stereocenters. The number of rotatable bonds is 6. The predicted octanol–water partition coefficient (Wildman–Crippen LogP) is 3.31. The number of nitrogens with one attached hydrogen (secondary N) is 1. The molecule has 1 fully saturated rings. The molecule has 3 aromatic rings. The summed E-state index contributed by atoms with van der Waals surface area (Å²) in [6.07, 6.45) is 4.52. The molecule has 8 heteroatoms. The Balaban J connectivity index is 1.15. The van der Waals surface area contributed by atoms with Crippen LogP contribution in [0.1, 0.15) is 24.1 Å². The summed E-state index contributed by atoms with van der Waals surface area (Å²) in [5.74, 6) is 1.32. The summed E-state index contributed by atoms with van der Waals surface area (Å²) in [6.45, 7) is 3.50. The molecule has 2 aromatic heterocycles. The zero-order chi connectivity index (χ0) is 22.1. The van der Waals surface area contributed by atoms with Gasteiger partial charge in [-0.15, -0.1) is 0 Å². The van der Waals surface area contributed by atoms with Gasteiger partial charge in [0, 0.05) is 37.8 Å². The number of hydrogen-bond donors (Lipinski definition) is 1. The maximum atomic E-state index is 14.6. The highest BCUT2D eigenvalue weighted by Crippen LogP contribution is 2.35. The average Bonchev–Trinajstić information content (AvgIpc) is 3.28. The molecule has 0 aliphatic carbocycles. The first kappa shape index (κ1) is 21.4. The lowest BCUT2D eigenvalue weighted by molar-refractivity contribution is 0.198. The number of aryl methyl sites for hydroxylation is 1. The van der Waals surface area contributed by atoms with Crippen LogP contribution in [-0.4, -0.2) is 46.1 Å². The molecule has 4 heterocycles. The number of hydrogen-bond acceptors (Lipinski definition) is 6. The third-order valence-electron chi connectivity index (χ3n) is 6.48. The Morgan fingerprint density at radius 3 is 2.91 bits per heavy atom. The van der Waals surface area contributed by atoms with Crippen LogP contribution in [-0.2, 0) is 20.0 Å². The predicted molar refractivity (Wildman–Crippen MR) is 125 cm³/mol. The second kappa shape index (κ2) is 9.21. The number of pyridine rings is 2. The number of likely N-dealkylation sites (tertiary alicyclic amines) is 1. The third kappa shape index (κ3) is 4.40. The van der Waals surface area contributed by atoms with Crippen molar-refractivity contribution in [1.82, 2.24) is 19.8 Å². The summed E-state index contributed by atoms with van der Waals surface area (Å²) >= 11 is 1.71. The number of nitrogens with zero attached hydrogens (tertiary/aromatic N) is 3. The van der Waals surface area contributed by atoms with Gasteiger partial charge < -0.3 is 19.5 Å². The van der Waals surface area contributed by atoms with E-state index in [2.05, 4.69) is 21.3 Å². The molecule has 1 saturated heterocycles. The number of benzene rings is 1. The summed E-state index contributed by atoms with van der Waals surface area (Å²) in [7, 11) is 1.71. The van der Waals surface area contributed by atoms with Gasteiger partial charge in [-0.3, -0.25) is 9.78 Å². The molecule has 5 rings (SSSR count). The lowest BCUT2D eigenvalue weighted by atomic mass is 10.0. The highest BCUT2D eigenvalue weighted by Gasteiger charge is 2.21. The number of aromatic nitrogens is 2. The molecule has 0 radical (unpaired) electrons. The highest BCUT2D eigenvalue weighted by molar-refractivity contribution is 7.99. The molecule has 0 spiro atoms. The van der Waals surface area contributed by atoms with Crippen LogP contribution in [0.5, 0.6) is 5.75 Å². The van der Waals surface area contributed by atoms with Gasteiger partial charge in [0.1, 0.15) is 11.8 Å². The molecule has 32 heavy (non-hydrogen) atoms. The standard InChI is InChI=1S/C24H27FN4O2S/c1-28-23(30)5-3-16-2-4-20(25)19(24(16)28)8-11-29-9-6-17(7-10-29)26-13-18-12-22-21(14-27-18)31-15-32-22/h2-5,12,14,17,26H,6-11,13,15H2,1H3. The first-order valence-corrected chi connectivity index (χ1v) is 12.0. The zero-order valence-electron chi connectivity index (χ0n) is 18.1. The van der Waals surface area contributed by atoms with Gasteiger partial charge in [0.15, 0.2) is 5.75 Å². The Labute approximate surface area is 190 Å². The van der Waals surface area contributed by atoms with E-state index < -0.39 is 0 Å². The fourth-order valence-electron chi connectivity index (χ4n) is 4.60. The van der Waals surface area contributed by atoms with E-state index in [1.54, 1.807) is 35.5 Å². The maximum Gasteiger partial charge on any atom is 0.250 e. The Morgan fingerprint density at radius 1 is 1.25 bits per heavy atom. The van der Waals surface area contributed by atoms with Gasteiger partial charge in [-0.05, 0) is 62.0 Å². The number of thioether (sulfide) groups is 1. The van der Waals surface area contributed by atoms with Crippen molar-refractivity contribution in [2.45, 2.75) is 36.7 Å². The van der Waals surface area contributed by atoms with Gasteiger partial charge in [-0.2, -0.15) is 0 Å². The molecule has 1 N–H and O–H groups in total. The van der Waals surface area contributed by atoms with Gasteiger partial charge >= 0.3 is 0 Å². The monoisotopic (exact) mass is 454 g/mol. The summed E-state index contributed by atoms with van der Waals surface area (Å²) in [4.78, 5) is 20.1. The van der Waals surface area contributed by atoms with Gasteiger partial charge in [-0.1, -0.05) is 11.8 Å². The van der Waals surface area contributed by atoms with Crippen LogP contribution in [0, 0.1) is 5.82 Å². The fraction of sp³-hybridized carbons (Fsp3) is 0.417. The van der Waals surface area contributed by atoms with E-state index >= 15 is 0 Å². The van der Waals surface area contributed by atoms with Crippen LogP contribution in [0.2, 0.25) is 0 Å². The molecule has 0 atom stereocenters. The molecule has 0 amide bonds. The van der Waals surface area contributed by atoms with Crippen molar-refractivity contribution in [3.63, 3.8) is 0 Å². The average molecular weight is 455 g/mol. The number of piperidine rings is 1. The lowest BCUT2D eigenvalue weighted by Crippen LogP contribution is -2.43. The molecule has 0 bridgehead atoms. The van der Waals surface area contributed by atoms with Crippen LogP contribution in [0.3, 0.4) is 0 Å². The lowest BCUT2D eigenvalue weighted by Gasteiger charge is -2.32. The van der Waals surface area contributed by atoms with Crippen LogP contribution in [0.4, 0.5) is 4.39 Å². The van der Waals surface area contributed by atoms with Gasteiger partial charge in [0.05, 0.1) is 22.3 Å². The number of halogens is 1. The molecule has 0 saturated carbocycles. The maximum absolute atomic E-state index is 14.6. The Morgan fingerprint density at radius 2 is 2.06 bits per heavy atom. The third-order valence-corrected chi connectivity index (χ3v) is 7.35. The van der Waals surface area contributed by atoms with E-state index in [4.69, 9.17) is 4.74 Å². The summed E-state index contributed by atoms with van der Waals surface area (Å²) in [5, 5.41) is 4.53. The highest BCUT2D eigenvalue weighted by atomic mass is 32.2. The van der Waals surface area contributed by atoms with Crippen molar-refractivity contribution < 1.29 is 9.13 Å². The van der Waals surface area contributed by atoms with Crippen molar-refractivity contribution in [1.29, 1.82) is 0 Å². The second-order valence-corrected chi connectivity index (χ2v) is 9.43. The molecule has 2 aliphatic rings. The Bertz CT molecular complexity index is 1190. The van der Waals surface area contributed by atoms with E-state index in [1.807, 2.05) is 6.20 Å². The van der Waals surface area contributed by atoms with E-state index in [0.29, 0.717) is 29.5 Å². The minimum Gasteiger partial charge on any atom is -0.480 e. The smallest absolute Gasteiger partial charge is 0.250 e. The number of ether oxygens (including phenoxy) is 1. The molecule has 1 aromatic carbocycles. The molecule has 2 aliphatic heterocycles. The van der Waals surface area contributed by atoms with Crippen LogP contribution >= 0.6 is 11.8 Å². The van der Waals surface area contributed by atoms with Crippen molar-refractivity contribution >= 4 is 22.7 Å². The molecular weight excluding hydrogens is 427 g/mol. The largest absolute Gasteiger partial charge is 0.480 e. The fourth-order valence-corrected chi connectivity index (χ4v) is 5.39. The normalized spacial score (nSPS) is 16.9.